The molecule has 3 aromatic rings. The second-order valence-electron chi connectivity index (χ2n) is 8.60. The summed E-state index contributed by atoms with van der Waals surface area (Å²) >= 11 is 0. The van der Waals surface area contributed by atoms with Crippen molar-refractivity contribution in [2.24, 2.45) is 0 Å². The lowest BCUT2D eigenvalue weighted by molar-refractivity contribution is 0.0917. The van der Waals surface area contributed by atoms with Gasteiger partial charge < -0.3 is 20.1 Å². The van der Waals surface area contributed by atoms with Crippen molar-refractivity contribution in [3.05, 3.63) is 76.7 Å². The number of aryl methyl sites for hydroxylation is 2. The summed E-state index contributed by atoms with van der Waals surface area (Å²) in [6, 6.07) is 13.3. The Morgan fingerprint density at radius 3 is 2.62 bits per heavy atom. The van der Waals surface area contributed by atoms with Crippen LogP contribution in [0.2, 0.25) is 0 Å². The van der Waals surface area contributed by atoms with Gasteiger partial charge in [0, 0.05) is 42.5 Å². The van der Waals surface area contributed by atoms with Crippen LogP contribution in [0, 0.1) is 37.0 Å². The number of amides is 1. The normalized spacial score (nSPS) is 11.0. The summed E-state index contributed by atoms with van der Waals surface area (Å²) in [5.41, 5.74) is 4.68. The molecule has 0 aliphatic rings. The molecular weight excluding hydrogens is 466 g/mol. The second-order valence-corrected chi connectivity index (χ2v) is 8.60. The molecule has 2 aromatic carbocycles. The summed E-state index contributed by atoms with van der Waals surface area (Å²) in [4.78, 5) is 21.3. The molecule has 190 valence electrons. The lowest BCUT2D eigenvalue weighted by Crippen LogP contribution is -2.19. The van der Waals surface area contributed by atoms with E-state index in [-0.39, 0.29) is 12.0 Å². The zero-order chi connectivity index (χ0) is 26.6. The van der Waals surface area contributed by atoms with Crippen molar-refractivity contribution in [3.8, 4) is 23.7 Å². The monoisotopic (exact) mass is 497 g/mol. The zero-order valence-corrected chi connectivity index (χ0v) is 21.6. The molecule has 3 rings (SSSR count). The molecule has 37 heavy (non-hydrogen) atoms. The van der Waals surface area contributed by atoms with Crippen LogP contribution in [0.3, 0.4) is 0 Å². The van der Waals surface area contributed by atoms with Crippen molar-refractivity contribution >= 4 is 17.4 Å². The van der Waals surface area contributed by atoms with Gasteiger partial charge in [0.1, 0.15) is 11.9 Å². The Kier molecular flexibility index (Phi) is 10.0. The van der Waals surface area contributed by atoms with Crippen LogP contribution in [0.4, 0.5) is 11.5 Å². The molecule has 1 atom stereocenters. The van der Waals surface area contributed by atoms with Crippen molar-refractivity contribution in [1.82, 2.24) is 9.97 Å². The number of carbonyl (C=O) groups is 1. The van der Waals surface area contributed by atoms with E-state index in [0.717, 1.165) is 28.9 Å². The summed E-state index contributed by atoms with van der Waals surface area (Å²) in [7, 11) is 1.61. The maximum Gasteiger partial charge on any atom is 0.257 e. The summed E-state index contributed by atoms with van der Waals surface area (Å²) in [5, 5.41) is 14.9. The molecule has 0 radical (unpaired) electrons. The molecule has 0 unspecified atom stereocenters. The SMILES string of the molecule is COC[C@H](C)Oc1cc(C#Cc2ccc(C)c(NCCCC#N)c2)cc(C(=O)Nc2cnc(C)cn2)c1. The van der Waals surface area contributed by atoms with E-state index in [9.17, 15) is 4.79 Å². The minimum atomic E-state index is -0.342. The highest BCUT2D eigenvalue weighted by atomic mass is 16.5. The number of unbranched alkanes of at least 4 members (excludes halogenated alkanes) is 1. The molecule has 1 heterocycles. The highest BCUT2D eigenvalue weighted by Gasteiger charge is 2.12. The van der Waals surface area contributed by atoms with Crippen LogP contribution >= 0.6 is 0 Å². The van der Waals surface area contributed by atoms with Crippen LogP contribution in [-0.2, 0) is 4.74 Å². The quantitative estimate of drug-likeness (QED) is 0.304. The largest absolute Gasteiger partial charge is 0.488 e. The average Bonchev–Trinajstić information content (AvgIpc) is 2.88. The van der Waals surface area contributed by atoms with E-state index >= 15 is 0 Å². The number of ether oxygens (including phenoxy) is 2. The van der Waals surface area contributed by atoms with Crippen molar-refractivity contribution in [1.29, 1.82) is 5.26 Å². The molecular formula is C29H31N5O3. The van der Waals surface area contributed by atoms with E-state index in [1.54, 1.807) is 31.5 Å². The molecule has 0 saturated heterocycles. The Morgan fingerprint density at radius 1 is 1.08 bits per heavy atom. The van der Waals surface area contributed by atoms with Gasteiger partial charge in [-0.3, -0.25) is 9.78 Å². The Labute approximate surface area is 218 Å². The Balaban J connectivity index is 1.86. The van der Waals surface area contributed by atoms with Crippen molar-refractivity contribution in [2.45, 2.75) is 39.7 Å². The van der Waals surface area contributed by atoms with Gasteiger partial charge in [0.2, 0.25) is 0 Å². The molecule has 0 spiro atoms. The number of nitrogens with zero attached hydrogens (tertiary/aromatic N) is 3. The van der Waals surface area contributed by atoms with Crippen molar-refractivity contribution in [2.75, 3.05) is 30.9 Å². The zero-order valence-electron chi connectivity index (χ0n) is 21.6. The van der Waals surface area contributed by atoms with Gasteiger partial charge in [-0.25, -0.2) is 4.98 Å². The third-order valence-corrected chi connectivity index (χ3v) is 5.30. The number of nitriles is 1. The first-order valence-corrected chi connectivity index (χ1v) is 12.0. The number of hydrogen-bond donors (Lipinski definition) is 2. The van der Waals surface area contributed by atoms with E-state index < -0.39 is 0 Å². The molecule has 1 amide bonds. The molecule has 1 aromatic heterocycles. The molecule has 8 heteroatoms. The first kappa shape index (κ1) is 27.2. The van der Waals surface area contributed by atoms with E-state index in [2.05, 4.69) is 38.5 Å². The summed E-state index contributed by atoms with van der Waals surface area (Å²) < 4.78 is 11.1. The van der Waals surface area contributed by atoms with Crippen LogP contribution in [0.25, 0.3) is 0 Å². The van der Waals surface area contributed by atoms with Gasteiger partial charge >= 0.3 is 0 Å². The Morgan fingerprint density at radius 2 is 1.89 bits per heavy atom. The predicted molar refractivity (Wildman–Crippen MR) is 144 cm³/mol. The maximum absolute atomic E-state index is 13.0. The fourth-order valence-electron chi connectivity index (χ4n) is 3.44. The molecule has 0 aliphatic carbocycles. The van der Waals surface area contributed by atoms with Gasteiger partial charge in [0.05, 0.1) is 30.8 Å². The van der Waals surface area contributed by atoms with E-state index in [4.69, 9.17) is 14.7 Å². The fraction of sp³-hybridized carbons (Fsp3) is 0.310. The first-order valence-electron chi connectivity index (χ1n) is 12.0. The Hall–Kier alpha value is -4.40. The topological polar surface area (TPSA) is 109 Å². The molecule has 0 fully saturated rings. The summed E-state index contributed by atoms with van der Waals surface area (Å²) in [6.07, 6.45) is 4.18. The van der Waals surface area contributed by atoms with Crippen molar-refractivity contribution < 1.29 is 14.3 Å². The van der Waals surface area contributed by atoms with Crippen molar-refractivity contribution in [3.63, 3.8) is 0 Å². The highest BCUT2D eigenvalue weighted by Crippen LogP contribution is 2.21. The lowest BCUT2D eigenvalue weighted by atomic mass is 10.1. The molecule has 0 saturated carbocycles. The van der Waals surface area contributed by atoms with Gasteiger partial charge in [-0.05, 0) is 63.1 Å². The van der Waals surface area contributed by atoms with Gasteiger partial charge in [0.15, 0.2) is 5.82 Å². The Bertz CT molecular complexity index is 1320. The minimum absolute atomic E-state index is 0.209. The van der Waals surface area contributed by atoms with Crippen LogP contribution in [0.1, 0.15) is 52.5 Å². The number of nitrogens with one attached hydrogen (secondary N) is 2. The number of benzene rings is 2. The number of rotatable bonds is 10. The number of methoxy groups -OCH3 is 1. The minimum Gasteiger partial charge on any atom is -0.488 e. The van der Waals surface area contributed by atoms with E-state index in [1.807, 2.05) is 39.0 Å². The van der Waals surface area contributed by atoms with Crippen LogP contribution < -0.4 is 15.4 Å². The fourth-order valence-corrected chi connectivity index (χ4v) is 3.44. The predicted octanol–water partition coefficient (Wildman–Crippen LogP) is 4.87. The number of hydrogen-bond acceptors (Lipinski definition) is 7. The third-order valence-electron chi connectivity index (χ3n) is 5.30. The number of aromatic nitrogens is 2. The van der Waals surface area contributed by atoms with Crippen LogP contribution in [0.15, 0.2) is 48.8 Å². The van der Waals surface area contributed by atoms with Gasteiger partial charge in [-0.2, -0.15) is 5.26 Å². The standard InChI is InChI=1S/C29H31N5O3/c1-20-7-8-23(15-27(20)31-12-6-5-11-30)9-10-24-13-25(16-26(14-24)37-22(3)19-36-4)29(35)34-28-18-32-21(2)17-33-28/h7-8,13-18,22,31H,5-6,12,19H2,1-4H3,(H,33,34,35)/t22-/m0/s1. The van der Waals surface area contributed by atoms with E-state index in [0.29, 0.717) is 42.3 Å². The molecule has 0 bridgehead atoms. The van der Waals surface area contributed by atoms with Gasteiger partial charge in [-0.15, -0.1) is 0 Å². The molecule has 2 N–H and O–H groups in total. The second kappa shape index (κ2) is 13.6. The summed E-state index contributed by atoms with van der Waals surface area (Å²) in [6.45, 7) is 6.86. The van der Waals surface area contributed by atoms with Gasteiger partial charge in [0.25, 0.3) is 5.91 Å². The smallest absolute Gasteiger partial charge is 0.257 e. The first-order chi connectivity index (χ1) is 17.9. The maximum atomic E-state index is 13.0. The molecule has 8 nitrogen and oxygen atoms in total. The third kappa shape index (κ3) is 8.64. The number of carbonyl (C=O) groups excluding carboxylic acids is 1. The van der Waals surface area contributed by atoms with E-state index in [1.165, 1.54) is 6.20 Å². The highest BCUT2D eigenvalue weighted by molar-refractivity contribution is 6.04. The molecule has 0 aliphatic heterocycles. The van der Waals surface area contributed by atoms with Crippen LogP contribution in [0.5, 0.6) is 5.75 Å². The summed E-state index contributed by atoms with van der Waals surface area (Å²) in [5.74, 6) is 6.87. The van der Waals surface area contributed by atoms with Gasteiger partial charge in [-0.1, -0.05) is 17.9 Å². The number of anilines is 2. The lowest BCUT2D eigenvalue weighted by Gasteiger charge is -2.15. The van der Waals surface area contributed by atoms with Crippen LogP contribution in [-0.4, -0.2) is 42.2 Å². The average molecular weight is 498 g/mol.